The molecule has 2 heterocycles. The minimum Gasteiger partial charge on any atom is -0.481 e. The normalized spacial score (nSPS) is 34.4. The van der Waals surface area contributed by atoms with Crippen molar-refractivity contribution in [2.24, 2.45) is 11.8 Å². The van der Waals surface area contributed by atoms with Crippen molar-refractivity contribution < 1.29 is 19.4 Å². The second-order valence-corrected chi connectivity index (χ2v) is 5.97. The van der Waals surface area contributed by atoms with E-state index in [-0.39, 0.29) is 24.1 Å². The van der Waals surface area contributed by atoms with Gasteiger partial charge < -0.3 is 19.6 Å². The molecule has 0 spiro atoms. The largest absolute Gasteiger partial charge is 0.481 e. The third-order valence-electron chi connectivity index (χ3n) is 4.38. The molecule has 2 rings (SSSR count). The molecule has 0 radical (unpaired) electrons. The first-order valence-corrected chi connectivity index (χ1v) is 7.34. The average molecular weight is 284 g/mol. The molecule has 0 aliphatic carbocycles. The summed E-state index contributed by atoms with van der Waals surface area (Å²) in [5, 5.41) is 9.16. The maximum absolute atomic E-state index is 12.6. The predicted octanol–water partition coefficient (Wildman–Crippen LogP) is 1.26. The molecule has 114 valence electrons. The smallest absolute Gasteiger partial charge is 0.320 e. The Hall–Kier alpha value is -1.30. The maximum atomic E-state index is 12.6. The molecule has 2 unspecified atom stereocenters. The first kappa shape index (κ1) is 15.1. The quantitative estimate of drug-likeness (QED) is 0.828. The van der Waals surface area contributed by atoms with Gasteiger partial charge in [-0.3, -0.25) is 4.79 Å². The molecule has 2 aliphatic heterocycles. The Labute approximate surface area is 119 Å². The highest BCUT2D eigenvalue weighted by Crippen LogP contribution is 2.26. The number of hydrogen-bond acceptors (Lipinski definition) is 3. The van der Waals surface area contributed by atoms with Crippen molar-refractivity contribution in [3.05, 3.63) is 0 Å². The molecule has 2 amide bonds. The van der Waals surface area contributed by atoms with Gasteiger partial charge in [0.2, 0.25) is 0 Å². The summed E-state index contributed by atoms with van der Waals surface area (Å²) in [7, 11) is 0. The summed E-state index contributed by atoms with van der Waals surface area (Å²) in [5.41, 5.74) is 0. The van der Waals surface area contributed by atoms with Crippen LogP contribution in [0.4, 0.5) is 4.79 Å². The second kappa shape index (κ2) is 5.99. The number of rotatable bonds is 2. The summed E-state index contributed by atoms with van der Waals surface area (Å²) in [6.45, 7) is 7.88. The number of ether oxygens (including phenoxy) is 1. The van der Waals surface area contributed by atoms with Crippen LogP contribution in [0, 0.1) is 11.8 Å². The lowest BCUT2D eigenvalue weighted by Gasteiger charge is -2.40. The van der Waals surface area contributed by atoms with Gasteiger partial charge >= 0.3 is 12.0 Å². The number of carbonyl (C=O) groups is 2. The molecule has 4 atom stereocenters. The van der Waals surface area contributed by atoms with Gasteiger partial charge in [0.25, 0.3) is 0 Å². The van der Waals surface area contributed by atoms with E-state index in [4.69, 9.17) is 9.84 Å². The summed E-state index contributed by atoms with van der Waals surface area (Å²) < 4.78 is 5.60. The monoisotopic (exact) mass is 284 g/mol. The van der Waals surface area contributed by atoms with Crippen molar-refractivity contribution in [1.82, 2.24) is 9.80 Å². The molecule has 0 aromatic heterocycles. The van der Waals surface area contributed by atoms with Crippen molar-refractivity contribution in [2.75, 3.05) is 26.2 Å². The Morgan fingerprint density at radius 3 is 2.50 bits per heavy atom. The molecule has 20 heavy (non-hydrogen) atoms. The molecule has 0 bridgehead atoms. The van der Waals surface area contributed by atoms with Gasteiger partial charge in [-0.25, -0.2) is 4.79 Å². The molecule has 6 heteroatoms. The fraction of sp³-hybridized carbons (Fsp3) is 0.857. The van der Waals surface area contributed by atoms with Crippen LogP contribution in [-0.4, -0.2) is 65.3 Å². The first-order valence-electron chi connectivity index (χ1n) is 7.34. The van der Waals surface area contributed by atoms with E-state index < -0.39 is 11.9 Å². The van der Waals surface area contributed by atoms with Gasteiger partial charge in [-0.15, -0.1) is 0 Å². The molecule has 0 aromatic carbocycles. The number of carboxylic acid groups (broad SMARTS) is 1. The van der Waals surface area contributed by atoms with E-state index in [0.29, 0.717) is 26.2 Å². The van der Waals surface area contributed by atoms with E-state index in [1.807, 2.05) is 25.7 Å². The Balaban J connectivity index is 2.05. The van der Waals surface area contributed by atoms with E-state index in [1.54, 1.807) is 4.90 Å². The maximum Gasteiger partial charge on any atom is 0.320 e. The number of urea groups is 1. The minimum atomic E-state index is -0.810. The number of carbonyl (C=O) groups excluding carboxylic acids is 1. The van der Waals surface area contributed by atoms with Crippen molar-refractivity contribution in [2.45, 2.75) is 39.3 Å². The number of aliphatic carboxylic acids is 1. The molecular weight excluding hydrogens is 260 g/mol. The predicted molar refractivity (Wildman–Crippen MR) is 73.5 cm³/mol. The Kier molecular flexibility index (Phi) is 4.52. The van der Waals surface area contributed by atoms with Crippen molar-refractivity contribution in [3.8, 4) is 0 Å². The van der Waals surface area contributed by atoms with E-state index in [2.05, 4.69) is 0 Å². The highest BCUT2D eigenvalue weighted by molar-refractivity contribution is 5.78. The van der Waals surface area contributed by atoms with Crippen LogP contribution in [0.3, 0.4) is 0 Å². The lowest BCUT2D eigenvalue weighted by Crippen LogP contribution is -2.55. The molecular formula is C14H24N2O4. The standard InChI is InChI=1S/C14H24N2O4/c1-4-11-8-20-10(3)6-16(11)14(19)15-5-9(2)12(7-15)13(17)18/h9-12H,4-8H2,1-3H3,(H,17,18)/t9-,10?,11?,12-/m1/s1. The third-order valence-corrected chi connectivity index (χ3v) is 4.38. The topological polar surface area (TPSA) is 70.1 Å². The zero-order valence-electron chi connectivity index (χ0n) is 12.4. The minimum absolute atomic E-state index is 0.00925. The van der Waals surface area contributed by atoms with Gasteiger partial charge in [0.05, 0.1) is 24.7 Å². The summed E-state index contributed by atoms with van der Waals surface area (Å²) >= 11 is 0. The molecule has 0 aromatic rings. The van der Waals surface area contributed by atoms with E-state index in [1.165, 1.54) is 0 Å². The number of hydrogen-bond donors (Lipinski definition) is 1. The number of likely N-dealkylation sites (tertiary alicyclic amines) is 1. The van der Waals surface area contributed by atoms with Crippen LogP contribution in [0.1, 0.15) is 27.2 Å². The van der Waals surface area contributed by atoms with Crippen LogP contribution in [-0.2, 0) is 9.53 Å². The molecule has 0 saturated carbocycles. The molecule has 2 saturated heterocycles. The Morgan fingerprint density at radius 2 is 1.95 bits per heavy atom. The lowest BCUT2D eigenvalue weighted by atomic mass is 9.99. The summed E-state index contributed by atoms with van der Waals surface area (Å²) in [6.07, 6.45) is 0.890. The van der Waals surface area contributed by atoms with Crippen LogP contribution < -0.4 is 0 Å². The highest BCUT2D eigenvalue weighted by atomic mass is 16.5. The molecule has 6 nitrogen and oxygen atoms in total. The summed E-state index contributed by atoms with van der Waals surface area (Å²) in [5.74, 6) is -1.25. The Morgan fingerprint density at radius 1 is 1.25 bits per heavy atom. The third kappa shape index (κ3) is 2.90. The van der Waals surface area contributed by atoms with E-state index in [9.17, 15) is 9.59 Å². The fourth-order valence-corrected chi connectivity index (χ4v) is 3.04. The van der Waals surface area contributed by atoms with Gasteiger partial charge in [-0.2, -0.15) is 0 Å². The van der Waals surface area contributed by atoms with E-state index in [0.717, 1.165) is 6.42 Å². The average Bonchev–Trinajstić information content (AvgIpc) is 2.80. The van der Waals surface area contributed by atoms with Gasteiger partial charge in [0.15, 0.2) is 0 Å². The van der Waals surface area contributed by atoms with Gasteiger partial charge in [0, 0.05) is 19.6 Å². The fourth-order valence-electron chi connectivity index (χ4n) is 3.04. The van der Waals surface area contributed by atoms with Crippen LogP contribution >= 0.6 is 0 Å². The van der Waals surface area contributed by atoms with Crippen LogP contribution in [0.15, 0.2) is 0 Å². The summed E-state index contributed by atoms with van der Waals surface area (Å²) in [6, 6.07) is 0.0560. The van der Waals surface area contributed by atoms with Crippen LogP contribution in [0.5, 0.6) is 0 Å². The van der Waals surface area contributed by atoms with Gasteiger partial charge in [-0.1, -0.05) is 13.8 Å². The summed E-state index contributed by atoms with van der Waals surface area (Å²) in [4.78, 5) is 27.3. The second-order valence-electron chi connectivity index (χ2n) is 5.97. The number of amides is 2. The van der Waals surface area contributed by atoms with Gasteiger partial charge in [0.1, 0.15) is 0 Å². The van der Waals surface area contributed by atoms with Crippen molar-refractivity contribution in [3.63, 3.8) is 0 Å². The zero-order valence-corrected chi connectivity index (χ0v) is 12.4. The molecule has 2 aliphatic rings. The lowest BCUT2D eigenvalue weighted by molar-refractivity contribution is -0.142. The number of morpholine rings is 1. The molecule has 2 fully saturated rings. The van der Waals surface area contributed by atoms with Crippen molar-refractivity contribution >= 4 is 12.0 Å². The van der Waals surface area contributed by atoms with E-state index >= 15 is 0 Å². The highest BCUT2D eigenvalue weighted by Gasteiger charge is 2.40. The van der Waals surface area contributed by atoms with Crippen LogP contribution in [0.25, 0.3) is 0 Å². The first-order chi connectivity index (χ1) is 9.43. The zero-order chi connectivity index (χ0) is 14.9. The number of nitrogens with zero attached hydrogens (tertiary/aromatic N) is 2. The van der Waals surface area contributed by atoms with Crippen LogP contribution in [0.2, 0.25) is 0 Å². The van der Waals surface area contributed by atoms with Crippen molar-refractivity contribution in [1.29, 1.82) is 0 Å². The Bertz CT molecular complexity index is 387. The van der Waals surface area contributed by atoms with Gasteiger partial charge in [-0.05, 0) is 19.3 Å². The SMILES string of the molecule is CCC1COC(C)CN1C(=O)N1C[C@@H](C)[C@H](C(=O)O)C1. The number of carboxylic acids is 1. The molecule has 1 N–H and O–H groups in total.